The number of halogens is 2. The molecule has 2 rings (SSSR count). The minimum atomic E-state index is 0.556. The lowest BCUT2D eigenvalue weighted by atomic mass is 9.97. The highest BCUT2D eigenvalue weighted by atomic mass is 79.9. The highest BCUT2D eigenvalue weighted by molar-refractivity contribution is 9.10. The second-order valence-electron chi connectivity index (χ2n) is 4.92. The Bertz CT molecular complexity index is 411. The molecule has 2 atom stereocenters. The van der Waals surface area contributed by atoms with Gasteiger partial charge in [-0.2, -0.15) is 0 Å². The smallest absolute Gasteiger partial charge is 0.0514 e. The van der Waals surface area contributed by atoms with Gasteiger partial charge in [0.2, 0.25) is 0 Å². The molecule has 18 heavy (non-hydrogen) atoms. The van der Waals surface area contributed by atoms with Crippen LogP contribution < -0.4 is 10.2 Å². The molecule has 0 aromatic heterocycles. The molecule has 1 N–H and O–H groups in total. The maximum absolute atomic E-state index is 6.00. The van der Waals surface area contributed by atoms with Crippen molar-refractivity contribution >= 4 is 33.2 Å². The van der Waals surface area contributed by atoms with Crippen LogP contribution in [0.5, 0.6) is 0 Å². The summed E-state index contributed by atoms with van der Waals surface area (Å²) in [7, 11) is 0. The van der Waals surface area contributed by atoms with Crippen molar-refractivity contribution in [1.82, 2.24) is 5.32 Å². The van der Waals surface area contributed by atoms with E-state index >= 15 is 0 Å². The number of rotatable bonds is 3. The first-order chi connectivity index (χ1) is 8.61. The predicted molar refractivity (Wildman–Crippen MR) is 82.7 cm³/mol. The largest absolute Gasteiger partial charge is 0.368 e. The molecule has 1 aliphatic rings. The Labute approximate surface area is 123 Å². The molecule has 2 nitrogen and oxygen atoms in total. The monoisotopic (exact) mass is 330 g/mol. The minimum Gasteiger partial charge on any atom is -0.368 e. The van der Waals surface area contributed by atoms with Gasteiger partial charge in [0, 0.05) is 28.1 Å². The molecule has 1 aromatic carbocycles. The van der Waals surface area contributed by atoms with Gasteiger partial charge in [-0.05, 0) is 60.4 Å². The fourth-order valence-electron chi connectivity index (χ4n) is 2.72. The molecular weight excluding hydrogens is 312 g/mol. The Morgan fingerprint density at radius 2 is 2.28 bits per heavy atom. The molecular formula is C14H20BrClN2. The summed E-state index contributed by atoms with van der Waals surface area (Å²) in [6.07, 6.45) is 2.40. The van der Waals surface area contributed by atoms with Crippen molar-refractivity contribution in [1.29, 1.82) is 0 Å². The van der Waals surface area contributed by atoms with Gasteiger partial charge in [-0.1, -0.05) is 18.5 Å². The molecule has 0 amide bonds. The van der Waals surface area contributed by atoms with Gasteiger partial charge < -0.3 is 10.2 Å². The summed E-state index contributed by atoms with van der Waals surface area (Å²) in [6, 6.07) is 7.26. The van der Waals surface area contributed by atoms with Crippen LogP contribution in [0.2, 0.25) is 5.02 Å². The molecule has 4 heteroatoms. The maximum atomic E-state index is 6.00. The first kappa shape index (κ1) is 14.2. The third kappa shape index (κ3) is 3.19. The van der Waals surface area contributed by atoms with E-state index in [1.54, 1.807) is 0 Å². The Balaban J connectivity index is 2.10. The number of hydrogen-bond donors (Lipinski definition) is 1. The third-order valence-corrected chi connectivity index (χ3v) is 4.46. The number of nitrogens with zero attached hydrogens (tertiary/aromatic N) is 1. The van der Waals surface area contributed by atoms with Gasteiger partial charge in [-0.15, -0.1) is 0 Å². The van der Waals surface area contributed by atoms with Crippen LogP contribution in [0.25, 0.3) is 0 Å². The van der Waals surface area contributed by atoms with E-state index in [4.69, 9.17) is 11.6 Å². The number of nitrogens with one attached hydrogen (secondary N) is 1. The number of anilines is 1. The van der Waals surface area contributed by atoms with E-state index < -0.39 is 0 Å². The Hall–Kier alpha value is -0.250. The summed E-state index contributed by atoms with van der Waals surface area (Å²) in [6.45, 7) is 6.62. The molecule has 0 saturated carbocycles. The van der Waals surface area contributed by atoms with E-state index in [9.17, 15) is 0 Å². The van der Waals surface area contributed by atoms with E-state index in [0.29, 0.717) is 12.1 Å². The minimum absolute atomic E-state index is 0.556. The van der Waals surface area contributed by atoms with Crippen LogP contribution in [0, 0.1) is 0 Å². The lowest BCUT2D eigenvalue weighted by molar-refractivity contribution is 0.374. The van der Waals surface area contributed by atoms with Crippen molar-refractivity contribution in [3.05, 3.63) is 27.7 Å². The van der Waals surface area contributed by atoms with Crippen LogP contribution in [0.3, 0.4) is 0 Å². The second-order valence-corrected chi connectivity index (χ2v) is 6.21. The fourth-order valence-corrected chi connectivity index (χ4v) is 3.63. The molecule has 0 radical (unpaired) electrons. The number of piperidine rings is 1. The van der Waals surface area contributed by atoms with Crippen LogP contribution in [0.15, 0.2) is 22.7 Å². The normalized spacial score (nSPS) is 24.3. The molecule has 1 aliphatic heterocycles. The average molecular weight is 332 g/mol. The van der Waals surface area contributed by atoms with E-state index in [2.05, 4.69) is 46.1 Å². The summed E-state index contributed by atoms with van der Waals surface area (Å²) >= 11 is 9.61. The van der Waals surface area contributed by atoms with Gasteiger partial charge >= 0.3 is 0 Å². The van der Waals surface area contributed by atoms with Crippen LogP contribution in [-0.4, -0.2) is 25.2 Å². The third-order valence-electron chi connectivity index (χ3n) is 3.59. The quantitative estimate of drug-likeness (QED) is 0.898. The molecule has 1 heterocycles. The van der Waals surface area contributed by atoms with Gasteiger partial charge in [0.25, 0.3) is 0 Å². The highest BCUT2D eigenvalue weighted by Gasteiger charge is 2.26. The first-order valence-electron chi connectivity index (χ1n) is 6.57. The second kappa shape index (κ2) is 6.27. The lowest BCUT2D eigenvalue weighted by Gasteiger charge is -2.40. The van der Waals surface area contributed by atoms with Crippen molar-refractivity contribution in [2.75, 3.05) is 18.0 Å². The van der Waals surface area contributed by atoms with Crippen molar-refractivity contribution in [3.63, 3.8) is 0 Å². The van der Waals surface area contributed by atoms with Crippen LogP contribution in [-0.2, 0) is 0 Å². The summed E-state index contributed by atoms with van der Waals surface area (Å²) in [5, 5.41) is 4.33. The van der Waals surface area contributed by atoms with Gasteiger partial charge in [0.1, 0.15) is 0 Å². The lowest BCUT2D eigenvalue weighted by Crippen LogP contribution is -2.47. The fraction of sp³-hybridized carbons (Fsp3) is 0.571. The summed E-state index contributed by atoms with van der Waals surface area (Å²) in [4.78, 5) is 2.47. The van der Waals surface area contributed by atoms with E-state index in [0.717, 1.165) is 22.6 Å². The zero-order chi connectivity index (χ0) is 13.1. The average Bonchev–Trinajstić information content (AvgIpc) is 2.31. The zero-order valence-electron chi connectivity index (χ0n) is 10.9. The van der Waals surface area contributed by atoms with Gasteiger partial charge in [0.05, 0.1) is 5.69 Å². The van der Waals surface area contributed by atoms with Crippen LogP contribution >= 0.6 is 27.5 Å². The van der Waals surface area contributed by atoms with Crippen molar-refractivity contribution in [2.45, 2.75) is 38.8 Å². The molecule has 1 fully saturated rings. The molecule has 100 valence electrons. The molecule has 0 aliphatic carbocycles. The predicted octanol–water partition coefficient (Wildman–Crippen LogP) is 4.07. The summed E-state index contributed by atoms with van der Waals surface area (Å²) < 4.78 is 1.09. The summed E-state index contributed by atoms with van der Waals surface area (Å²) in [5.74, 6) is 0. The summed E-state index contributed by atoms with van der Waals surface area (Å²) in [5.41, 5.74) is 1.25. The standard InChI is InChI=1S/C14H20BrClN2/c1-3-17-12-6-7-18(10(2)8-12)14-5-4-11(16)9-13(14)15/h4-5,9-10,12,17H,3,6-8H2,1-2H3. The topological polar surface area (TPSA) is 15.3 Å². The van der Waals surface area contributed by atoms with Gasteiger partial charge in [-0.25, -0.2) is 0 Å². The molecule has 1 aromatic rings. The molecule has 0 bridgehead atoms. The number of benzene rings is 1. The highest BCUT2D eigenvalue weighted by Crippen LogP contribution is 2.33. The zero-order valence-corrected chi connectivity index (χ0v) is 13.3. The van der Waals surface area contributed by atoms with Crippen molar-refractivity contribution in [2.24, 2.45) is 0 Å². The van der Waals surface area contributed by atoms with Gasteiger partial charge in [0.15, 0.2) is 0 Å². The van der Waals surface area contributed by atoms with E-state index in [-0.39, 0.29) is 0 Å². The van der Waals surface area contributed by atoms with Crippen LogP contribution in [0.1, 0.15) is 26.7 Å². The number of hydrogen-bond acceptors (Lipinski definition) is 2. The van der Waals surface area contributed by atoms with Gasteiger partial charge in [-0.3, -0.25) is 0 Å². The van der Waals surface area contributed by atoms with Crippen LogP contribution in [0.4, 0.5) is 5.69 Å². The molecule has 1 saturated heterocycles. The maximum Gasteiger partial charge on any atom is 0.0514 e. The molecule has 2 unspecified atom stereocenters. The Morgan fingerprint density at radius 1 is 1.50 bits per heavy atom. The van der Waals surface area contributed by atoms with Crippen molar-refractivity contribution in [3.8, 4) is 0 Å². The SMILES string of the molecule is CCNC1CCN(c2ccc(Cl)cc2Br)C(C)C1. The molecule has 0 spiro atoms. The Kier molecular flexibility index (Phi) is 4.93. The Morgan fingerprint density at radius 3 is 2.89 bits per heavy atom. The van der Waals surface area contributed by atoms with Crippen molar-refractivity contribution < 1.29 is 0 Å². The van der Waals surface area contributed by atoms with E-state index in [1.165, 1.54) is 18.5 Å². The first-order valence-corrected chi connectivity index (χ1v) is 7.74. The van der Waals surface area contributed by atoms with E-state index in [1.807, 2.05) is 12.1 Å².